The summed E-state index contributed by atoms with van der Waals surface area (Å²) in [6, 6.07) is 7.20. The van der Waals surface area contributed by atoms with Crippen LogP contribution in [-0.4, -0.2) is 38.8 Å². The van der Waals surface area contributed by atoms with Crippen LogP contribution in [0.1, 0.15) is 6.42 Å². The maximum Gasteiger partial charge on any atom is 0.249 e. The normalized spacial score (nSPS) is 9.82. The zero-order chi connectivity index (χ0) is 12.7. The van der Waals surface area contributed by atoms with Crippen molar-refractivity contribution in [2.75, 3.05) is 27.9 Å². The Bertz CT molecular complexity index is 350. The highest BCUT2D eigenvalue weighted by molar-refractivity contribution is 5.74. The molecule has 0 saturated heterocycles. The third kappa shape index (κ3) is 4.32. The molecular weight excluding hydrogens is 222 g/mol. The zero-order valence-corrected chi connectivity index (χ0v) is 10.3. The molecule has 1 aromatic carbocycles. The number of carbonyl (C=O) groups excluding carboxylic acids is 1. The molecule has 0 aliphatic rings. The summed E-state index contributed by atoms with van der Waals surface area (Å²) in [5.74, 6) is 1.35. The first kappa shape index (κ1) is 13.3. The Labute approximate surface area is 101 Å². The molecule has 0 atom stereocenters. The van der Waals surface area contributed by atoms with E-state index in [0.29, 0.717) is 12.4 Å². The van der Waals surface area contributed by atoms with Gasteiger partial charge in [0.1, 0.15) is 11.5 Å². The second-order valence-electron chi connectivity index (χ2n) is 3.35. The van der Waals surface area contributed by atoms with E-state index in [9.17, 15) is 4.79 Å². The summed E-state index contributed by atoms with van der Waals surface area (Å²) < 4.78 is 10.4. The molecule has 0 unspecified atom stereocenters. The van der Waals surface area contributed by atoms with E-state index in [0.717, 1.165) is 5.75 Å². The van der Waals surface area contributed by atoms with Gasteiger partial charge in [0.05, 0.1) is 27.2 Å². The van der Waals surface area contributed by atoms with Gasteiger partial charge in [0.15, 0.2) is 0 Å². The van der Waals surface area contributed by atoms with Crippen LogP contribution in [0.2, 0.25) is 0 Å². The van der Waals surface area contributed by atoms with Gasteiger partial charge < -0.3 is 9.47 Å². The molecule has 0 heterocycles. The van der Waals surface area contributed by atoms with Crippen LogP contribution in [-0.2, 0) is 9.63 Å². The molecule has 94 valence electrons. The minimum Gasteiger partial charge on any atom is -0.497 e. The molecule has 0 saturated carbocycles. The fourth-order valence-corrected chi connectivity index (χ4v) is 1.19. The van der Waals surface area contributed by atoms with E-state index in [1.807, 2.05) is 0 Å². The lowest BCUT2D eigenvalue weighted by atomic mass is 10.3. The number of hydroxylamine groups is 2. The van der Waals surface area contributed by atoms with Crippen molar-refractivity contribution in [2.24, 2.45) is 0 Å². The second-order valence-corrected chi connectivity index (χ2v) is 3.35. The molecule has 0 aromatic heterocycles. The number of hydrogen-bond acceptors (Lipinski definition) is 4. The highest BCUT2D eigenvalue weighted by Crippen LogP contribution is 2.17. The van der Waals surface area contributed by atoms with Gasteiger partial charge in [-0.15, -0.1) is 0 Å². The van der Waals surface area contributed by atoms with Crippen LogP contribution in [0, 0.1) is 0 Å². The first-order valence-electron chi connectivity index (χ1n) is 5.25. The summed E-state index contributed by atoms with van der Waals surface area (Å²) in [6.07, 6.45) is 0.274. The molecule has 1 rings (SSSR count). The van der Waals surface area contributed by atoms with Gasteiger partial charge in [-0.3, -0.25) is 9.63 Å². The van der Waals surface area contributed by atoms with E-state index in [2.05, 4.69) is 0 Å². The van der Waals surface area contributed by atoms with Crippen molar-refractivity contribution in [3.8, 4) is 11.5 Å². The summed E-state index contributed by atoms with van der Waals surface area (Å²) in [5.41, 5.74) is 0. The molecule has 0 radical (unpaired) electrons. The number of nitrogens with zero attached hydrogens (tertiary/aromatic N) is 1. The van der Waals surface area contributed by atoms with E-state index >= 15 is 0 Å². The Morgan fingerprint density at radius 3 is 2.29 bits per heavy atom. The molecule has 5 heteroatoms. The summed E-state index contributed by atoms with van der Waals surface area (Å²) >= 11 is 0. The van der Waals surface area contributed by atoms with Crippen molar-refractivity contribution in [3.05, 3.63) is 24.3 Å². The van der Waals surface area contributed by atoms with Crippen LogP contribution in [0.4, 0.5) is 0 Å². The van der Waals surface area contributed by atoms with Gasteiger partial charge in [0.25, 0.3) is 0 Å². The molecule has 0 spiro atoms. The van der Waals surface area contributed by atoms with Crippen LogP contribution in [0.25, 0.3) is 0 Å². The van der Waals surface area contributed by atoms with Crippen LogP contribution >= 0.6 is 0 Å². The lowest BCUT2D eigenvalue weighted by Crippen LogP contribution is -2.26. The third-order valence-electron chi connectivity index (χ3n) is 2.27. The number of carbonyl (C=O) groups is 1. The summed E-state index contributed by atoms with van der Waals surface area (Å²) in [6.45, 7) is 0.318. The summed E-state index contributed by atoms with van der Waals surface area (Å²) in [7, 11) is 4.62. The Morgan fingerprint density at radius 1 is 1.18 bits per heavy atom. The van der Waals surface area contributed by atoms with Gasteiger partial charge in [-0.1, -0.05) is 0 Å². The number of benzene rings is 1. The standard InChI is InChI=1S/C12H17NO4/c1-13(16-3)12(14)8-9-17-11-6-4-10(15-2)5-7-11/h4-7H,8-9H2,1-3H3. The number of amides is 1. The molecule has 1 aromatic rings. The van der Waals surface area contributed by atoms with Crippen molar-refractivity contribution in [1.82, 2.24) is 5.06 Å². The Hall–Kier alpha value is -1.75. The van der Waals surface area contributed by atoms with Crippen molar-refractivity contribution in [3.63, 3.8) is 0 Å². The molecule has 0 N–H and O–H groups in total. The zero-order valence-electron chi connectivity index (χ0n) is 10.3. The number of methoxy groups -OCH3 is 1. The van der Waals surface area contributed by atoms with Gasteiger partial charge in [-0.05, 0) is 24.3 Å². The molecule has 0 aliphatic carbocycles. The Morgan fingerprint density at radius 2 is 1.76 bits per heavy atom. The average Bonchev–Trinajstić information content (AvgIpc) is 2.38. The van der Waals surface area contributed by atoms with Gasteiger partial charge in [-0.2, -0.15) is 0 Å². The lowest BCUT2D eigenvalue weighted by molar-refractivity contribution is -0.169. The van der Waals surface area contributed by atoms with Crippen molar-refractivity contribution < 1.29 is 19.1 Å². The summed E-state index contributed by atoms with van der Waals surface area (Å²) in [5, 5.41) is 1.18. The lowest BCUT2D eigenvalue weighted by Gasteiger charge is -2.13. The van der Waals surface area contributed by atoms with Crippen LogP contribution in [0.5, 0.6) is 11.5 Å². The molecular formula is C12H17NO4. The van der Waals surface area contributed by atoms with Gasteiger partial charge in [-0.25, -0.2) is 5.06 Å². The first-order chi connectivity index (χ1) is 8.17. The number of rotatable bonds is 6. The van der Waals surface area contributed by atoms with E-state index in [-0.39, 0.29) is 12.3 Å². The van der Waals surface area contributed by atoms with Gasteiger partial charge in [0.2, 0.25) is 5.91 Å². The fourth-order valence-electron chi connectivity index (χ4n) is 1.19. The molecule has 5 nitrogen and oxygen atoms in total. The van der Waals surface area contributed by atoms with Crippen molar-refractivity contribution in [2.45, 2.75) is 6.42 Å². The smallest absolute Gasteiger partial charge is 0.249 e. The van der Waals surface area contributed by atoms with E-state index in [1.54, 1.807) is 38.4 Å². The van der Waals surface area contributed by atoms with Crippen LogP contribution in [0.15, 0.2) is 24.3 Å². The predicted molar refractivity (Wildman–Crippen MR) is 62.9 cm³/mol. The highest BCUT2D eigenvalue weighted by atomic mass is 16.7. The fraction of sp³-hybridized carbons (Fsp3) is 0.417. The quantitative estimate of drug-likeness (QED) is 0.705. The monoisotopic (exact) mass is 239 g/mol. The van der Waals surface area contributed by atoms with Gasteiger partial charge in [0, 0.05) is 7.05 Å². The van der Waals surface area contributed by atoms with E-state index in [1.165, 1.54) is 12.2 Å². The number of ether oxygens (including phenoxy) is 2. The molecule has 1 amide bonds. The van der Waals surface area contributed by atoms with Crippen LogP contribution < -0.4 is 9.47 Å². The van der Waals surface area contributed by atoms with Crippen LogP contribution in [0.3, 0.4) is 0 Å². The minimum atomic E-state index is -0.124. The Kier molecular flexibility index (Phi) is 5.29. The molecule has 17 heavy (non-hydrogen) atoms. The van der Waals surface area contributed by atoms with Crippen molar-refractivity contribution >= 4 is 5.91 Å². The highest BCUT2D eigenvalue weighted by Gasteiger charge is 2.07. The molecule has 0 fully saturated rings. The minimum absolute atomic E-state index is 0.124. The van der Waals surface area contributed by atoms with E-state index < -0.39 is 0 Å². The van der Waals surface area contributed by atoms with E-state index in [4.69, 9.17) is 14.3 Å². The first-order valence-corrected chi connectivity index (χ1v) is 5.25. The maximum absolute atomic E-state index is 11.4. The SMILES string of the molecule is COc1ccc(OCCC(=O)N(C)OC)cc1. The number of hydrogen-bond donors (Lipinski definition) is 0. The topological polar surface area (TPSA) is 48.0 Å². The predicted octanol–water partition coefficient (Wildman–Crippen LogP) is 1.48. The largest absolute Gasteiger partial charge is 0.497 e. The van der Waals surface area contributed by atoms with Gasteiger partial charge >= 0.3 is 0 Å². The third-order valence-corrected chi connectivity index (χ3v) is 2.27. The van der Waals surface area contributed by atoms with Crippen molar-refractivity contribution in [1.29, 1.82) is 0 Å². The second kappa shape index (κ2) is 6.75. The molecule has 0 aliphatic heterocycles. The summed E-state index contributed by atoms with van der Waals surface area (Å²) in [4.78, 5) is 16.1. The molecule has 0 bridgehead atoms. The Balaban J connectivity index is 2.33. The maximum atomic E-state index is 11.4. The average molecular weight is 239 g/mol.